The standard InChI is InChI=1S/C20H19ClN4O3S/c21-14-5-2-1-4-13(14)16(24-9-7-12(26)8-10-24)17-19(27)25-20(29-17)22-18(23-25)15-6-3-11-28-15/h1-6,11-12,16,26-27H,7-10H2. The van der Waals surface area contributed by atoms with Gasteiger partial charge in [-0.05, 0) is 36.6 Å². The van der Waals surface area contributed by atoms with Crippen LogP contribution in [0.3, 0.4) is 0 Å². The number of furan rings is 1. The molecule has 0 aliphatic carbocycles. The molecule has 0 spiro atoms. The van der Waals surface area contributed by atoms with Crippen molar-refractivity contribution in [3.63, 3.8) is 0 Å². The van der Waals surface area contributed by atoms with Gasteiger partial charge < -0.3 is 14.6 Å². The van der Waals surface area contributed by atoms with Crippen LogP contribution >= 0.6 is 22.9 Å². The van der Waals surface area contributed by atoms with E-state index in [1.807, 2.05) is 24.3 Å². The molecular formula is C20H19ClN4O3S. The average Bonchev–Trinajstić information content (AvgIpc) is 3.44. The third-order valence-corrected chi connectivity index (χ3v) is 6.67. The average molecular weight is 431 g/mol. The summed E-state index contributed by atoms with van der Waals surface area (Å²) in [5.74, 6) is 1.03. The Kier molecular flexibility index (Phi) is 4.79. The fourth-order valence-corrected chi connectivity index (χ4v) is 5.13. The molecule has 4 aromatic rings. The number of hydrogen-bond acceptors (Lipinski definition) is 7. The van der Waals surface area contributed by atoms with E-state index in [1.54, 1.807) is 18.4 Å². The number of aliphatic hydroxyl groups excluding tert-OH is 1. The van der Waals surface area contributed by atoms with E-state index in [0.717, 1.165) is 10.4 Å². The van der Waals surface area contributed by atoms with Gasteiger partial charge in [-0.3, -0.25) is 4.90 Å². The number of likely N-dealkylation sites (tertiary alicyclic amines) is 1. The molecule has 2 N–H and O–H groups in total. The molecule has 0 radical (unpaired) electrons. The van der Waals surface area contributed by atoms with Crippen molar-refractivity contribution in [3.05, 3.63) is 58.1 Å². The number of aliphatic hydroxyl groups is 1. The molecule has 1 fully saturated rings. The molecule has 0 saturated carbocycles. The van der Waals surface area contributed by atoms with E-state index in [2.05, 4.69) is 15.0 Å². The lowest BCUT2D eigenvalue weighted by Gasteiger charge is -2.36. The molecular weight excluding hydrogens is 412 g/mol. The number of piperidine rings is 1. The van der Waals surface area contributed by atoms with Gasteiger partial charge in [0.1, 0.15) is 0 Å². The van der Waals surface area contributed by atoms with Crippen LogP contribution in [0.15, 0.2) is 47.1 Å². The van der Waals surface area contributed by atoms with Crippen molar-refractivity contribution >= 4 is 27.9 Å². The van der Waals surface area contributed by atoms with E-state index in [0.29, 0.717) is 47.5 Å². The molecule has 1 aliphatic rings. The Bertz CT molecular complexity index is 1130. The second-order valence-corrected chi connectivity index (χ2v) is 8.50. The summed E-state index contributed by atoms with van der Waals surface area (Å²) in [5, 5.41) is 26.0. The van der Waals surface area contributed by atoms with Crippen molar-refractivity contribution in [2.45, 2.75) is 25.0 Å². The van der Waals surface area contributed by atoms with Crippen LogP contribution in [0.25, 0.3) is 16.5 Å². The molecule has 3 aromatic heterocycles. The van der Waals surface area contributed by atoms with Gasteiger partial charge in [-0.25, -0.2) is 0 Å². The Morgan fingerprint density at radius 1 is 1.17 bits per heavy atom. The summed E-state index contributed by atoms with van der Waals surface area (Å²) in [4.78, 5) is 8.07. The second-order valence-electron chi connectivity index (χ2n) is 7.09. The maximum absolute atomic E-state index is 11.0. The Morgan fingerprint density at radius 2 is 1.97 bits per heavy atom. The quantitative estimate of drug-likeness (QED) is 0.509. The first-order chi connectivity index (χ1) is 14.1. The van der Waals surface area contributed by atoms with Gasteiger partial charge in [0.25, 0.3) is 0 Å². The maximum atomic E-state index is 11.0. The first kappa shape index (κ1) is 18.6. The second kappa shape index (κ2) is 7.46. The Labute approximate surface area is 175 Å². The van der Waals surface area contributed by atoms with Gasteiger partial charge in [0.2, 0.25) is 16.7 Å². The van der Waals surface area contributed by atoms with Crippen molar-refractivity contribution in [1.82, 2.24) is 19.5 Å². The SMILES string of the molecule is Oc1c(C(c2ccccc2Cl)N2CCC(O)CC2)sc2nc(-c3ccco3)nn12. The molecule has 1 atom stereocenters. The molecule has 9 heteroatoms. The minimum absolute atomic E-state index is 0.0475. The minimum Gasteiger partial charge on any atom is -0.492 e. The number of halogens is 1. The number of rotatable bonds is 4. The van der Waals surface area contributed by atoms with Gasteiger partial charge in [-0.2, -0.15) is 9.50 Å². The highest BCUT2D eigenvalue weighted by Crippen LogP contribution is 2.43. The predicted molar refractivity (Wildman–Crippen MR) is 110 cm³/mol. The highest BCUT2D eigenvalue weighted by molar-refractivity contribution is 7.17. The number of nitrogens with zero attached hydrogens (tertiary/aromatic N) is 4. The van der Waals surface area contributed by atoms with Gasteiger partial charge in [0, 0.05) is 18.1 Å². The van der Waals surface area contributed by atoms with Crippen molar-refractivity contribution in [1.29, 1.82) is 0 Å². The van der Waals surface area contributed by atoms with Crippen molar-refractivity contribution in [3.8, 4) is 17.5 Å². The van der Waals surface area contributed by atoms with Gasteiger partial charge in [-0.1, -0.05) is 41.1 Å². The van der Waals surface area contributed by atoms with Crippen molar-refractivity contribution in [2.75, 3.05) is 13.1 Å². The van der Waals surface area contributed by atoms with E-state index in [9.17, 15) is 10.2 Å². The van der Waals surface area contributed by atoms with Gasteiger partial charge in [-0.15, -0.1) is 5.10 Å². The normalized spacial score (nSPS) is 17.2. The number of fused-ring (bicyclic) bond motifs is 1. The summed E-state index contributed by atoms with van der Waals surface area (Å²) in [7, 11) is 0. The highest BCUT2D eigenvalue weighted by atomic mass is 35.5. The molecule has 1 aliphatic heterocycles. The van der Waals surface area contributed by atoms with Crippen LogP contribution in [0.2, 0.25) is 5.02 Å². The van der Waals surface area contributed by atoms with Crippen LogP contribution in [0.4, 0.5) is 0 Å². The number of aromatic nitrogens is 3. The van der Waals surface area contributed by atoms with E-state index in [4.69, 9.17) is 16.0 Å². The number of hydrogen-bond donors (Lipinski definition) is 2. The highest BCUT2D eigenvalue weighted by Gasteiger charge is 2.33. The monoisotopic (exact) mass is 430 g/mol. The molecule has 1 saturated heterocycles. The molecule has 4 heterocycles. The summed E-state index contributed by atoms with van der Waals surface area (Å²) >= 11 is 7.91. The number of thiazole rings is 1. The molecule has 5 rings (SSSR count). The molecule has 7 nitrogen and oxygen atoms in total. The molecule has 1 unspecified atom stereocenters. The predicted octanol–water partition coefficient (Wildman–Crippen LogP) is 3.96. The summed E-state index contributed by atoms with van der Waals surface area (Å²) in [6.45, 7) is 1.42. The lowest BCUT2D eigenvalue weighted by molar-refractivity contribution is 0.0690. The van der Waals surface area contributed by atoms with Gasteiger partial charge in [0.15, 0.2) is 5.76 Å². The third-order valence-electron chi connectivity index (χ3n) is 5.25. The Morgan fingerprint density at radius 3 is 2.66 bits per heavy atom. The van der Waals surface area contributed by atoms with E-state index in [1.165, 1.54) is 15.9 Å². The lowest BCUT2D eigenvalue weighted by Crippen LogP contribution is -2.38. The number of benzene rings is 1. The maximum Gasteiger partial charge on any atom is 0.230 e. The van der Waals surface area contributed by atoms with Crippen LogP contribution in [-0.2, 0) is 0 Å². The molecule has 0 amide bonds. The van der Waals surface area contributed by atoms with E-state index >= 15 is 0 Å². The van der Waals surface area contributed by atoms with Crippen LogP contribution in [-0.4, -0.2) is 48.9 Å². The van der Waals surface area contributed by atoms with E-state index in [-0.39, 0.29) is 18.0 Å². The summed E-state index contributed by atoms with van der Waals surface area (Å²) in [5.41, 5.74) is 0.914. The largest absolute Gasteiger partial charge is 0.492 e. The molecule has 150 valence electrons. The first-order valence-corrected chi connectivity index (χ1v) is 10.6. The van der Waals surface area contributed by atoms with Crippen LogP contribution in [0, 0.1) is 0 Å². The smallest absolute Gasteiger partial charge is 0.230 e. The summed E-state index contributed by atoms with van der Waals surface area (Å²) < 4.78 is 6.81. The van der Waals surface area contributed by atoms with Crippen molar-refractivity contribution in [2.24, 2.45) is 0 Å². The summed E-state index contributed by atoms with van der Waals surface area (Å²) in [6, 6.07) is 11.0. The topological polar surface area (TPSA) is 87.0 Å². The lowest BCUT2D eigenvalue weighted by atomic mass is 9.99. The van der Waals surface area contributed by atoms with Gasteiger partial charge in [0.05, 0.1) is 23.3 Å². The summed E-state index contributed by atoms with van der Waals surface area (Å²) in [6.07, 6.45) is 2.65. The molecule has 1 aromatic carbocycles. The number of aromatic hydroxyl groups is 1. The zero-order valence-corrected chi connectivity index (χ0v) is 17.0. The first-order valence-electron chi connectivity index (χ1n) is 9.40. The Hall–Kier alpha value is -2.39. The zero-order valence-electron chi connectivity index (χ0n) is 15.4. The van der Waals surface area contributed by atoms with Crippen LogP contribution in [0.5, 0.6) is 5.88 Å². The van der Waals surface area contributed by atoms with Crippen LogP contribution < -0.4 is 0 Å². The van der Waals surface area contributed by atoms with Crippen molar-refractivity contribution < 1.29 is 14.6 Å². The van der Waals surface area contributed by atoms with Gasteiger partial charge >= 0.3 is 0 Å². The molecule has 0 bridgehead atoms. The molecule has 29 heavy (non-hydrogen) atoms. The fraction of sp³-hybridized carbons (Fsp3) is 0.300. The zero-order chi connectivity index (χ0) is 20.0. The van der Waals surface area contributed by atoms with E-state index < -0.39 is 0 Å². The third kappa shape index (κ3) is 3.32. The minimum atomic E-state index is -0.287. The Balaban J connectivity index is 1.60. The fourth-order valence-electron chi connectivity index (χ4n) is 3.78. The van der Waals surface area contributed by atoms with Crippen LogP contribution in [0.1, 0.15) is 29.3 Å².